The molecule has 0 saturated carbocycles. The Morgan fingerprint density at radius 3 is 2.93 bits per heavy atom. The third kappa shape index (κ3) is 1.74. The van der Waals surface area contributed by atoms with Crippen molar-refractivity contribution in [3.05, 3.63) is 36.0 Å². The second kappa shape index (κ2) is 4.20. The zero-order valence-electron chi connectivity index (χ0n) is 8.61. The summed E-state index contributed by atoms with van der Waals surface area (Å²) in [6, 6.07) is 8.31. The Kier molecular flexibility index (Phi) is 2.75. The monoisotopic (exact) mass is 198 g/mol. The van der Waals surface area contributed by atoms with Crippen LogP contribution in [0.15, 0.2) is 30.5 Å². The molecule has 2 aromatic rings. The summed E-state index contributed by atoms with van der Waals surface area (Å²) in [7, 11) is 0. The largest absolute Gasteiger partial charge is 0.347 e. The lowest BCUT2D eigenvalue weighted by Gasteiger charge is -2.04. The fourth-order valence-corrected chi connectivity index (χ4v) is 1.85. The minimum atomic E-state index is 0.580. The predicted molar refractivity (Wildman–Crippen MR) is 63.3 cm³/mol. The van der Waals surface area contributed by atoms with E-state index in [1.54, 1.807) is 0 Å². The van der Waals surface area contributed by atoms with Crippen molar-refractivity contribution >= 4 is 10.9 Å². The van der Waals surface area contributed by atoms with E-state index in [-0.39, 0.29) is 0 Å². The van der Waals surface area contributed by atoms with Gasteiger partial charge in [0, 0.05) is 36.6 Å². The zero-order chi connectivity index (χ0) is 10.7. The fourth-order valence-electron chi connectivity index (χ4n) is 1.85. The van der Waals surface area contributed by atoms with E-state index in [9.17, 15) is 0 Å². The second-order valence-corrected chi connectivity index (χ2v) is 3.52. The molecule has 0 saturated heterocycles. The van der Waals surface area contributed by atoms with Crippen molar-refractivity contribution in [3.8, 4) is 12.3 Å². The van der Waals surface area contributed by atoms with E-state index < -0.39 is 0 Å². The van der Waals surface area contributed by atoms with Gasteiger partial charge in [0.25, 0.3) is 0 Å². The minimum absolute atomic E-state index is 0.580. The van der Waals surface area contributed by atoms with Crippen LogP contribution in [0.2, 0.25) is 0 Å². The quantitative estimate of drug-likeness (QED) is 0.752. The summed E-state index contributed by atoms with van der Waals surface area (Å²) in [5.41, 5.74) is 8.09. The first-order chi connectivity index (χ1) is 7.36. The third-order valence-electron chi connectivity index (χ3n) is 2.62. The lowest BCUT2D eigenvalue weighted by Crippen LogP contribution is -1.98. The Labute approximate surface area is 89.7 Å². The van der Waals surface area contributed by atoms with Crippen LogP contribution in [-0.2, 0) is 13.1 Å². The predicted octanol–water partition coefficient (Wildman–Crippen LogP) is 2.12. The highest BCUT2D eigenvalue weighted by atomic mass is 14.9. The summed E-state index contributed by atoms with van der Waals surface area (Å²) in [5.74, 6) is 2.65. The van der Waals surface area contributed by atoms with Crippen LogP contribution >= 0.6 is 0 Å². The van der Waals surface area contributed by atoms with Gasteiger partial charge in [-0.2, -0.15) is 0 Å². The van der Waals surface area contributed by atoms with Gasteiger partial charge in [-0.05, 0) is 17.7 Å². The molecule has 2 rings (SSSR count). The van der Waals surface area contributed by atoms with E-state index in [4.69, 9.17) is 12.2 Å². The molecule has 2 N–H and O–H groups in total. The van der Waals surface area contributed by atoms with Crippen molar-refractivity contribution in [3.63, 3.8) is 0 Å². The molecular formula is C13H14N2. The molecule has 0 aliphatic rings. The number of benzene rings is 1. The van der Waals surface area contributed by atoms with Crippen LogP contribution in [0.1, 0.15) is 12.0 Å². The number of rotatable bonds is 3. The molecule has 0 fully saturated rings. The summed E-state index contributed by atoms with van der Waals surface area (Å²) in [6.45, 7) is 1.45. The normalized spacial score (nSPS) is 10.4. The van der Waals surface area contributed by atoms with E-state index in [1.807, 2.05) is 6.07 Å². The highest BCUT2D eigenvalue weighted by Gasteiger charge is 2.03. The third-order valence-corrected chi connectivity index (χ3v) is 2.62. The van der Waals surface area contributed by atoms with Crippen LogP contribution < -0.4 is 5.73 Å². The van der Waals surface area contributed by atoms with Gasteiger partial charge in [-0.3, -0.25) is 0 Å². The molecule has 0 amide bonds. The molecular weight excluding hydrogens is 184 g/mol. The maximum atomic E-state index is 5.68. The minimum Gasteiger partial charge on any atom is -0.347 e. The van der Waals surface area contributed by atoms with Gasteiger partial charge in [0.05, 0.1) is 0 Å². The lowest BCUT2D eigenvalue weighted by atomic mass is 10.1. The van der Waals surface area contributed by atoms with Crippen LogP contribution in [0.5, 0.6) is 0 Å². The van der Waals surface area contributed by atoms with Crippen molar-refractivity contribution in [1.82, 2.24) is 4.57 Å². The summed E-state index contributed by atoms with van der Waals surface area (Å²) in [6.07, 6.45) is 8.09. The van der Waals surface area contributed by atoms with E-state index >= 15 is 0 Å². The first-order valence-electron chi connectivity index (χ1n) is 5.07. The SMILES string of the molecule is C#CCCn1ccc2c(CN)cccc21. The van der Waals surface area contributed by atoms with Crippen molar-refractivity contribution < 1.29 is 0 Å². The van der Waals surface area contributed by atoms with Gasteiger partial charge in [0.2, 0.25) is 0 Å². The maximum absolute atomic E-state index is 5.68. The average Bonchev–Trinajstić information content (AvgIpc) is 2.69. The summed E-state index contributed by atoms with van der Waals surface area (Å²) < 4.78 is 2.17. The summed E-state index contributed by atoms with van der Waals surface area (Å²) in [4.78, 5) is 0. The van der Waals surface area contributed by atoms with Gasteiger partial charge in [0.15, 0.2) is 0 Å². The molecule has 0 bridgehead atoms. The molecule has 0 aliphatic carbocycles. The van der Waals surface area contributed by atoms with Gasteiger partial charge in [-0.1, -0.05) is 12.1 Å². The summed E-state index contributed by atoms with van der Waals surface area (Å²) in [5, 5.41) is 1.23. The number of hydrogen-bond acceptors (Lipinski definition) is 1. The molecule has 0 atom stereocenters. The molecule has 0 unspecified atom stereocenters. The van der Waals surface area contributed by atoms with Crippen molar-refractivity contribution in [2.75, 3.05) is 0 Å². The second-order valence-electron chi connectivity index (χ2n) is 3.52. The number of fused-ring (bicyclic) bond motifs is 1. The molecule has 1 heterocycles. The number of aromatic nitrogens is 1. The van der Waals surface area contributed by atoms with Crippen LogP contribution in [0.3, 0.4) is 0 Å². The van der Waals surface area contributed by atoms with E-state index in [2.05, 4.69) is 34.9 Å². The molecule has 2 heteroatoms. The molecule has 76 valence electrons. The Bertz CT molecular complexity index is 503. The molecule has 0 aliphatic heterocycles. The van der Waals surface area contributed by atoms with Crippen LogP contribution in [0, 0.1) is 12.3 Å². The van der Waals surface area contributed by atoms with Gasteiger partial charge in [-0.25, -0.2) is 0 Å². The van der Waals surface area contributed by atoms with Crippen LogP contribution in [-0.4, -0.2) is 4.57 Å². The van der Waals surface area contributed by atoms with Crippen molar-refractivity contribution in [2.24, 2.45) is 5.73 Å². The first-order valence-corrected chi connectivity index (χ1v) is 5.07. The van der Waals surface area contributed by atoms with Crippen molar-refractivity contribution in [1.29, 1.82) is 0 Å². The standard InChI is InChI=1S/C13H14N2/c1-2-3-8-15-9-7-12-11(10-14)5-4-6-13(12)15/h1,4-7,9H,3,8,10,14H2. The Balaban J connectivity index is 2.47. The van der Waals surface area contributed by atoms with Crippen LogP contribution in [0.25, 0.3) is 10.9 Å². The van der Waals surface area contributed by atoms with E-state index in [0.29, 0.717) is 6.54 Å². The maximum Gasteiger partial charge on any atom is 0.0483 e. The number of aryl methyl sites for hydroxylation is 1. The molecule has 0 spiro atoms. The average molecular weight is 198 g/mol. The smallest absolute Gasteiger partial charge is 0.0483 e. The zero-order valence-corrected chi connectivity index (χ0v) is 8.61. The molecule has 0 radical (unpaired) electrons. The van der Waals surface area contributed by atoms with Gasteiger partial charge in [-0.15, -0.1) is 12.3 Å². The van der Waals surface area contributed by atoms with Crippen molar-refractivity contribution in [2.45, 2.75) is 19.5 Å². The highest BCUT2D eigenvalue weighted by molar-refractivity contribution is 5.83. The Hall–Kier alpha value is -1.72. The molecule has 1 aromatic heterocycles. The number of hydrogen-bond donors (Lipinski definition) is 1. The number of terminal acetylenes is 1. The fraction of sp³-hybridized carbons (Fsp3) is 0.231. The molecule has 1 aromatic carbocycles. The Morgan fingerprint density at radius 1 is 1.33 bits per heavy atom. The highest BCUT2D eigenvalue weighted by Crippen LogP contribution is 2.20. The number of nitrogens with zero attached hydrogens (tertiary/aromatic N) is 1. The van der Waals surface area contributed by atoms with Gasteiger partial charge < -0.3 is 10.3 Å². The molecule has 15 heavy (non-hydrogen) atoms. The topological polar surface area (TPSA) is 30.9 Å². The first kappa shape index (κ1) is 9.82. The Morgan fingerprint density at radius 2 is 2.20 bits per heavy atom. The molecule has 2 nitrogen and oxygen atoms in total. The van der Waals surface area contributed by atoms with Gasteiger partial charge >= 0.3 is 0 Å². The lowest BCUT2D eigenvalue weighted by molar-refractivity contribution is 0.749. The van der Waals surface area contributed by atoms with E-state index in [1.165, 1.54) is 16.5 Å². The number of nitrogens with two attached hydrogens (primary N) is 1. The van der Waals surface area contributed by atoms with Crippen LogP contribution in [0.4, 0.5) is 0 Å². The summed E-state index contributed by atoms with van der Waals surface area (Å²) >= 11 is 0. The van der Waals surface area contributed by atoms with Gasteiger partial charge in [0.1, 0.15) is 0 Å². The van der Waals surface area contributed by atoms with E-state index in [0.717, 1.165) is 13.0 Å².